The Bertz CT molecular complexity index is 393. The molecule has 0 aliphatic carbocycles. The summed E-state index contributed by atoms with van der Waals surface area (Å²) in [7, 11) is 0. The molecule has 1 atom stereocenters. The van der Waals surface area contributed by atoms with Gasteiger partial charge in [-0.1, -0.05) is 17.7 Å². The molecule has 1 amide bonds. The molecular formula is C13H18ClNO2. The highest BCUT2D eigenvalue weighted by Gasteiger charge is 2.10. The first-order valence-electron chi connectivity index (χ1n) is 5.65. The van der Waals surface area contributed by atoms with E-state index in [-0.39, 0.29) is 5.91 Å². The van der Waals surface area contributed by atoms with Crippen molar-refractivity contribution in [3.63, 3.8) is 0 Å². The zero-order valence-electron chi connectivity index (χ0n) is 10.4. The van der Waals surface area contributed by atoms with Gasteiger partial charge in [0.25, 0.3) is 0 Å². The van der Waals surface area contributed by atoms with Crippen molar-refractivity contribution in [1.82, 2.24) is 0 Å². The number of rotatable bonds is 4. The third-order valence-electron chi connectivity index (χ3n) is 2.49. The maximum atomic E-state index is 11.6. The van der Waals surface area contributed by atoms with Gasteiger partial charge in [-0.2, -0.15) is 0 Å². The number of benzene rings is 1. The highest BCUT2D eigenvalue weighted by molar-refractivity contribution is 6.34. The lowest BCUT2D eigenvalue weighted by Gasteiger charge is -2.12. The Morgan fingerprint density at radius 1 is 1.47 bits per heavy atom. The molecule has 0 heterocycles. The van der Waals surface area contributed by atoms with Gasteiger partial charge in [0.15, 0.2) is 0 Å². The summed E-state index contributed by atoms with van der Waals surface area (Å²) >= 11 is 6.08. The molecule has 94 valence electrons. The van der Waals surface area contributed by atoms with Crippen molar-refractivity contribution >= 4 is 23.2 Å². The molecule has 0 saturated heterocycles. The highest BCUT2D eigenvalue weighted by Crippen LogP contribution is 2.27. The van der Waals surface area contributed by atoms with Crippen LogP contribution in [0.5, 0.6) is 0 Å². The number of halogens is 1. The third kappa shape index (κ3) is 4.36. The molecule has 0 spiro atoms. The normalized spacial score (nSPS) is 12.3. The average molecular weight is 256 g/mol. The fourth-order valence-electron chi connectivity index (χ4n) is 1.62. The highest BCUT2D eigenvalue weighted by atomic mass is 35.5. The standard InChI is InChI=1S/C13H18ClNO2/c1-8-6-9(2)13(11(14)7-8)15-12(17)5-4-10(3)16/h6-7,10,16H,4-5H2,1-3H3,(H,15,17). The number of carbonyl (C=O) groups excluding carboxylic acids is 1. The summed E-state index contributed by atoms with van der Waals surface area (Å²) in [5, 5.41) is 12.4. The topological polar surface area (TPSA) is 49.3 Å². The Balaban J connectivity index is 2.72. The number of nitrogens with one attached hydrogen (secondary N) is 1. The van der Waals surface area contributed by atoms with Gasteiger partial charge in [-0.3, -0.25) is 4.79 Å². The smallest absolute Gasteiger partial charge is 0.224 e. The summed E-state index contributed by atoms with van der Waals surface area (Å²) in [4.78, 5) is 11.6. The van der Waals surface area contributed by atoms with E-state index in [4.69, 9.17) is 16.7 Å². The van der Waals surface area contributed by atoms with Crippen LogP contribution < -0.4 is 5.32 Å². The molecule has 3 nitrogen and oxygen atoms in total. The summed E-state index contributed by atoms with van der Waals surface area (Å²) < 4.78 is 0. The Morgan fingerprint density at radius 3 is 2.65 bits per heavy atom. The Morgan fingerprint density at radius 2 is 2.12 bits per heavy atom. The van der Waals surface area contributed by atoms with Crippen molar-refractivity contribution in [2.24, 2.45) is 0 Å². The monoisotopic (exact) mass is 255 g/mol. The lowest BCUT2D eigenvalue weighted by molar-refractivity contribution is -0.116. The predicted molar refractivity (Wildman–Crippen MR) is 70.5 cm³/mol. The van der Waals surface area contributed by atoms with Gasteiger partial charge in [0.2, 0.25) is 5.91 Å². The first-order valence-corrected chi connectivity index (χ1v) is 6.02. The van der Waals surface area contributed by atoms with Crippen molar-refractivity contribution in [3.05, 3.63) is 28.3 Å². The fourth-order valence-corrected chi connectivity index (χ4v) is 1.98. The second kappa shape index (κ2) is 6.03. The summed E-state index contributed by atoms with van der Waals surface area (Å²) in [5.74, 6) is -0.125. The maximum Gasteiger partial charge on any atom is 0.224 e. The van der Waals surface area contributed by atoms with E-state index in [0.717, 1.165) is 11.1 Å². The van der Waals surface area contributed by atoms with Gasteiger partial charge in [0.1, 0.15) is 0 Å². The number of amides is 1. The molecule has 2 N–H and O–H groups in total. The van der Waals surface area contributed by atoms with Gasteiger partial charge < -0.3 is 10.4 Å². The Hall–Kier alpha value is -1.06. The summed E-state index contributed by atoms with van der Waals surface area (Å²) in [6, 6.07) is 3.79. The predicted octanol–water partition coefficient (Wildman–Crippen LogP) is 3.06. The van der Waals surface area contributed by atoms with E-state index in [1.54, 1.807) is 6.92 Å². The van der Waals surface area contributed by atoms with Gasteiger partial charge >= 0.3 is 0 Å². The largest absolute Gasteiger partial charge is 0.393 e. The number of hydrogen-bond acceptors (Lipinski definition) is 2. The first-order chi connectivity index (χ1) is 7.90. The molecule has 4 heteroatoms. The third-order valence-corrected chi connectivity index (χ3v) is 2.78. The van der Waals surface area contributed by atoms with Crippen molar-refractivity contribution in [2.45, 2.75) is 39.7 Å². The number of hydrogen-bond donors (Lipinski definition) is 2. The van der Waals surface area contributed by atoms with Gasteiger partial charge in [-0.15, -0.1) is 0 Å². The fraction of sp³-hybridized carbons (Fsp3) is 0.462. The lowest BCUT2D eigenvalue weighted by Crippen LogP contribution is -2.15. The van der Waals surface area contributed by atoms with Crippen molar-refractivity contribution < 1.29 is 9.90 Å². The minimum atomic E-state index is -0.463. The minimum Gasteiger partial charge on any atom is -0.393 e. The van der Waals surface area contributed by atoms with Crippen molar-refractivity contribution in [2.75, 3.05) is 5.32 Å². The Kier molecular flexibility index (Phi) is 4.97. The molecule has 1 aromatic rings. The number of anilines is 1. The zero-order valence-corrected chi connectivity index (χ0v) is 11.1. The second-order valence-corrected chi connectivity index (χ2v) is 4.78. The van der Waals surface area contributed by atoms with Crippen LogP contribution in [-0.2, 0) is 4.79 Å². The second-order valence-electron chi connectivity index (χ2n) is 4.37. The number of aliphatic hydroxyl groups excluding tert-OH is 1. The molecule has 0 fully saturated rings. The molecule has 0 aromatic heterocycles. The molecule has 1 aromatic carbocycles. The van der Waals surface area contributed by atoms with E-state index in [1.165, 1.54) is 0 Å². The minimum absolute atomic E-state index is 0.125. The molecule has 0 aliphatic heterocycles. The molecule has 0 bridgehead atoms. The number of aryl methyl sites for hydroxylation is 2. The van der Waals surface area contributed by atoms with Gasteiger partial charge in [0, 0.05) is 6.42 Å². The summed E-state index contributed by atoms with van der Waals surface area (Å²) in [6.45, 7) is 5.53. The van der Waals surface area contributed by atoms with E-state index in [9.17, 15) is 4.79 Å². The number of carbonyl (C=O) groups is 1. The van der Waals surface area contributed by atoms with Crippen molar-refractivity contribution in [1.29, 1.82) is 0 Å². The van der Waals surface area contributed by atoms with Gasteiger partial charge in [-0.05, 0) is 44.4 Å². The lowest BCUT2D eigenvalue weighted by atomic mass is 10.1. The Labute approximate surface area is 107 Å². The summed E-state index contributed by atoms with van der Waals surface area (Å²) in [5.41, 5.74) is 2.67. The van der Waals surface area contributed by atoms with Crippen LogP contribution in [0.1, 0.15) is 30.9 Å². The van der Waals surface area contributed by atoms with Crippen LogP contribution in [0.2, 0.25) is 5.02 Å². The molecule has 1 unspecified atom stereocenters. The molecule has 17 heavy (non-hydrogen) atoms. The van der Waals surface area contributed by atoms with Crippen LogP contribution in [0.25, 0.3) is 0 Å². The van der Waals surface area contributed by atoms with E-state index >= 15 is 0 Å². The van der Waals surface area contributed by atoms with Crippen LogP contribution in [0.4, 0.5) is 5.69 Å². The zero-order chi connectivity index (χ0) is 13.0. The first kappa shape index (κ1) is 14.0. The van der Waals surface area contributed by atoms with E-state index in [1.807, 2.05) is 26.0 Å². The maximum absolute atomic E-state index is 11.6. The number of aliphatic hydroxyl groups is 1. The van der Waals surface area contributed by atoms with Gasteiger partial charge in [-0.25, -0.2) is 0 Å². The average Bonchev–Trinajstić information content (AvgIpc) is 2.20. The van der Waals surface area contributed by atoms with Crippen LogP contribution in [0.3, 0.4) is 0 Å². The molecule has 1 rings (SSSR count). The molecule has 0 aliphatic rings. The van der Waals surface area contributed by atoms with Gasteiger partial charge in [0.05, 0.1) is 16.8 Å². The van der Waals surface area contributed by atoms with Crippen LogP contribution >= 0.6 is 11.6 Å². The molecule has 0 radical (unpaired) electrons. The van der Waals surface area contributed by atoms with E-state index in [2.05, 4.69) is 5.32 Å². The molecule has 0 saturated carbocycles. The molecular weight excluding hydrogens is 238 g/mol. The van der Waals surface area contributed by atoms with E-state index in [0.29, 0.717) is 23.6 Å². The van der Waals surface area contributed by atoms with Crippen LogP contribution in [-0.4, -0.2) is 17.1 Å². The van der Waals surface area contributed by atoms with E-state index < -0.39 is 6.10 Å². The van der Waals surface area contributed by atoms with Crippen molar-refractivity contribution in [3.8, 4) is 0 Å². The van der Waals surface area contributed by atoms with Crippen LogP contribution in [0, 0.1) is 13.8 Å². The van der Waals surface area contributed by atoms with Crippen LogP contribution in [0.15, 0.2) is 12.1 Å². The summed E-state index contributed by atoms with van der Waals surface area (Å²) in [6.07, 6.45) is 0.283. The SMILES string of the molecule is Cc1cc(C)c(NC(=O)CCC(C)O)c(Cl)c1. The quantitative estimate of drug-likeness (QED) is 0.869.